The Morgan fingerprint density at radius 2 is 2.29 bits per heavy atom. The smallest absolute Gasteiger partial charge is 0.135 e. The third kappa shape index (κ3) is 4.33. The summed E-state index contributed by atoms with van der Waals surface area (Å²) in [4.78, 5) is 0. The Labute approximate surface area is 123 Å². The summed E-state index contributed by atoms with van der Waals surface area (Å²) in [7, 11) is 0. The van der Waals surface area contributed by atoms with Gasteiger partial charge in [0.1, 0.15) is 18.2 Å². The normalized spacial score (nSPS) is 10.0. The van der Waals surface area contributed by atoms with E-state index in [2.05, 4.69) is 16.9 Å². The molecule has 0 amide bonds. The van der Waals surface area contributed by atoms with Crippen LogP contribution in [0.2, 0.25) is 0 Å². The maximum atomic E-state index is 13.3. The van der Waals surface area contributed by atoms with Crippen molar-refractivity contribution in [1.82, 2.24) is 9.78 Å². The molecule has 21 heavy (non-hydrogen) atoms. The quantitative estimate of drug-likeness (QED) is 0.859. The fourth-order valence-corrected chi connectivity index (χ4v) is 1.75. The zero-order valence-electron chi connectivity index (χ0n) is 11.8. The Balaban J connectivity index is 2.10. The van der Waals surface area contributed by atoms with Crippen molar-refractivity contribution in [2.24, 2.45) is 0 Å². The minimum absolute atomic E-state index is 0.0191. The van der Waals surface area contributed by atoms with Gasteiger partial charge in [0, 0.05) is 24.7 Å². The van der Waals surface area contributed by atoms with E-state index in [4.69, 9.17) is 9.84 Å². The Morgan fingerprint density at radius 1 is 1.43 bits per heavy atom. The summed E-state index contributed by atoms with van der Waals surface area (Å²) < 4.78 is 20.8. The van der Waals surface area contributed by atoms with E-state index in [0.717, 1.165) is 12.1 Å². The molecule has 0 aliphatic carbocycles. The molecular formula is C16H17FN2O2. The number of nitrogens with zero attached hydrogens (tertiary/aromatic N) is 2. The van der Waals surface area contributed by atoms with Crippen LogP contribution in [0, 0.1) is 17.7 Å². The van der Waals surface area contributed by atoms with Gasteiger partial charge >= 0.3 is 0 Å². The highest BCUT2D eigenvalue weighted by Gasteiger charge is 2.05. The zero-order chi connectivity index (χ0) is 15.1. The SMILES string of the molecule is CCn1cc(COc2ccc(F)cc2C#CCCO)cn1. The van der Waals surface area contributed by atoms with Gasteiger partial charge in [-0.2, -0.15) is 5.10 Å². The molecule has 0 spiro atoms. The number of aliphatic hydroxyl groups is 1. The lowest BCUT2D eigenvalue weighted by molar-refractivity contribution is 0.304. The first-order valence-corrected chi connectivity index (χ1v) is 6.76. The van der Waals surface area contributed by atoms with Crippen molar-refractivity contribution in [1.29, 1.82) is 0 Å². The molecule has 1 aromatic carbocycles. The van der Waals surface area contributed by atoms with E-state index in [-0.39, 0.29) is 12.4 Å². The molecule has 0 unspecified atom stereocenters. The molecule has 110 valence electrons. The topological polar surface area (TPSA) is 47.3 Å². The number of aryl methyl sites for hydroxylation is 1. The molecule has 1 heterocycles. The maximum Gasteiger partial charge on any atom is 0.135 e. The molecule has 2 aromatic rings. The summed E-state index contributed by atoms with van der Waals surface area (Å²) in [6.45, 7) is 3.13. The van der Waals surface area contributed by atoms with Crippen LogP contribution in [0.1, 0.15) is 24.5 Å². The lowest BCUT2D eigenvalue weighted by Gasteiger charge is -2.07. The van der Waals surface area contributed by atoms with E-state index >= 15 is 0 Å². The van der Waals surface area contributed by atoms with Gasteiger partial charge in [-0.05, 0) is 25.1 Å². The van der Waals surface area contributed by atoms with E-state index in [1.54, 1.807) is 12.3 Å². The van der Waals surface area contributed by atoms with Gasteiger partial charge in [0.25, 0.3) is 0 Å². The number of aliphatic hydroxyl groups excluding tert-OH is 1. The number of hydrogen-bond acceptors (Lipinski definition) is 3. The first kappa shape index (κ1) is 15.1. The van der Waals surface area contributed by atoms with E-state index in [0.29, 0.717) is 24.3 Å². The van der Waals surface area contributed by atoms with Crippen molar-refractivity contribution in [2.75, 3.05) is 6.61 Å². The number of aromatic nitrogens is 2. The van der Waals surface area contributed by atoms with Crippen molar-refractivity contribution in [3.8, 4) is 17.6 Å². The van der Waals surface area contributed by atoms with E-state index in [9.17, 15) is 4.39 Å². The predicted molar refractivity (Wildman–Crippen MR) is 77.2 cm³/mol. The average Bonchev–Trinajstić information content (AvgIpc) is 2.95. The largest absolute Gasteiger partial charge is 0.487 e. The molecule has 4 nitrogen and oxygen atoms in total. The van der Waals surface area contributed by atoms with Crippen LogP contribution in [0.25, 0.3) is 0 Å². The number of ether oxygens (including phenoxy) is 1. The summed E-state index contributed by atoms with van der Waals surface area (Å²) in [6.07, 6.45) is 3.99. The molecule has 0 fully saturated rings. The highest BCUT2D eigenvalue weighted by molar-refractivity contribution is 5.46. The van der Waals surface area contributed by atoms with Gasteiger partial charge in [0.15, 0.2) is 0 Å². The average molecular weight is 288 g/mol. The molecule has 1 N–H and O–H groups in total. The van der Waals surface area contributed by atoms with Gasteiger partial charge in [-0.3, -0.25) is 4.68 Å². The molecule has 0 saturated carbocycles. The van der Waals surface area contributed by atoms with Crippen molar-refractivity contribution in [3.05, 3.63) is 47.5 Å². The Bertz CT molecular complexity index is 656. The highest BCUT2D eigenvalue weighted by atomic mass is 19.1. The number of rotatable bonds is 5. The molecule has 2 rings (SSSR count). The van der Waals surface area contributed by atoms with Gasteiger partial charge in [0.05, 0.1) is 18.4 Å². The van der Waals surface area contributed by atoms with Crippen LogP contribution in [-0.2, 0) is 13.2 Å². The second kappa shape index (κ2) is 7.46. The van der Waals surface area contributed by atoms with Gasteiger partial charge in [-0.25, -0.2) is 4.39 Å². The van der Waals surface area contributed by atoms with Gasteiger partial charge < -0.3 is 9.84 Å². The van der Waals surface area contributed by atoms with Crippen LogP contribution in [0.5, 0.6) is 5.75 Å². The molecule has 5 heteroatoms. The molecule has 0 radical (unpaired) electrons. The molecule has 0 bridgehead atoms. The third-order valence-electron chi connectivity index (χ3n) is 2.81. The first-order valence-electron chi connectivity index (χ1n) is 6.76. The van der Waals surface area contributed by atoms with E-state index < -0.39 is 0 Å². The van der Waals surface area contributed by atoms with Crippen molar-refractivity contribution >= 4 is 0 Å². The monoisotopic (exact) mass is 288 g/mol. The minimum Gasteiger partial charge on any atom is -0.487 e. The summed E-state index contributed by atoms with van der Waals surface area (Å²) in [6, 6.07) is 4.22. The Kier molecular flexibility index (Phi) is 5.35. The van der Waals surface area contributed by atoms with Crippen LogP contribution in [0.15, 0.2) is 30.6 Å². The second-order valence-electron chi connectivity index (χ2n) is 4.41. The third-order valence-corrected chi connectivity index (χ3v) is 2.81. The summed E-state index contributed by atoms with van der Waals surface area (Å²) in [5.74, 6) is 5.73. The second-order valence-corrected chi connectivity index (χ2v) is 4.41. The molecule has 1 aromatic heterocycles. The lowest BCUT2D eigenvalue weighted by Crippen LogP contribution is -1.97. The summed E-state index contributed by atoms with van der Waals surface area (Å²) >= 11 is 0. The highest BCUT2D eigenvalue weighted by Crippen LogP contribution is 2.20. The fraction of sp³-hybridized carbons (Fsp3) is 0.312. The standard InChI is InChI=1S/C16H17FN2O2/c1-2-19-11-13(10-18-19)12-21-16-7-6-15(17)9-14(16)5-3-4-8-20/h6-7,9-11,20H,2,4,8,12H2,1H3. The summed E-state index contributed by atoms with van der Waals surface area (Å²) in [5, 5.41) is 12.9. The van der Waals surface area contributed by atoms with Gasteiger partial charge in [0.2, 0.25) is 0 Å². The fourth-order valence-electron chi connectivity index (χ4n) is 1.75. The van der Waals surface area contributed by atoms with Crippen LogP contribution in [0.4, 0.5) is 4.39 Å². The van der Waals surface area contributed by atoms with Crippen LogP contribution < -0.4 is 4.74 Å². The van der Waals surface area contributed by atoms with Crippen LogP contribution in [-0.4, -0.2) is 21.5 Å². The Hall–Kier alpha value is -2.32. The summed E-state index contributed by atoms with van der Waals surface area (Å²) in [5.41, 5.74) is 1.42. The minimum atomic E-state index is -0.366. The maximum absolute atomic E-state index is 13.3. The van der Waals surface area contributed by atoms with Gasteiger partial charge in [-0.1, -0.05) is 11.8 Å². The van der Waals surface area contributed by atoms with Crippen LogP contribution in [0.3, 0.4) is 0 Å². The molecular weight excluding hydrogens is 271 g/mol. The van der Waals surface area contributed by atoms with E-state index in [1.807, 2.05) is 17.8 Å². The number of halogens is 1. The molecule has 0 saturated heterocycles. The Morgan fingerprint density at radius 3 is 3.00 bits per heavy atom. The molecule has 0 atom stereocenters. The zero-order valence-corrected chi connectivity index (χ0v) is 11.8. The van der Waals surface area contributed by atoms with Crippen LogP contribution >= 0.6 is 0 Å². The molecule has 0 aliphatic heterocycles. The predicted octanol–water partition coefficient (Wildman–Crippen LogP) is 2.36. The van der Waals surface area contributed by atoms with Crippen molar-refractivity contribution < 1.29 is 14.2 Å². The van der Waals surface area contributed by atoms with Crippen molar-refractivity contribution in [3.63, 3.8) is 0 Å². The molecule has 0 aliphatic rings. The van der Waals surface area contributed by atoms with Gasteiger partial charge in [-0.15, -0.1) is 0 Å². The number of benzene rings is 1. The number of hydrogen-bond donors (Lipinski definition) is 1. The lowest BCUT2D eigenvalue weighted by atomic mass is 10.2. The van der Waals surface area contributed by atoms with Crippen molar-refractivity contribution in [2.45, 2.75) is 26.5 Å². The van der Waals surface area contributed by atoms with E-state index in [1.165, 1.54) is 12.1 Å². The first-order chi connectivity index (χ1) is 10.2.